The van der Waals surface area contributed by atoms with Crippen molar-refractivity contribution in [2.24, 2.45) is 11.3 Å². The minimum Gasteiger partial charge on any atom is -0.468 e. The first-order valence-electron chi connectivity index (χ1n) is 9.14. The lowest BCUT2D eigenvalue weighted by Gasteiger charge is -2.34. The number of methoxy groups -OCH3 is 2. The Balaban J connectivity index is 2.10. The number of fused-ring (bicyclic) bond motifs is 2. The van der Waals surface area contributed by atoms with Crippen molar-refractivity contribution in [3.05, 3.63) is 29.8 Å². The molecule has 0 N–H and O–H groups in total. The Hall–Kier alpha value is -2.41. The highest BCUT2D eigenvalue weighted by atomic mass is 16.7. The topological polar surface area (TPSA) is 88.1 Å². The predicted octanol–water partition coefficient (Wildman–Crippen LogP) is 2.52. The smallest absolute Gasteiger partial charge is 0.326 e. The number of unbranched alkanes of at least 4 members (excludes halogenated alkanes) is 2. The number of ether oxygens (including phenoxy) is 4. The molecule has 1 aromatic rings. The van der Waals surface area contributed by atoms with Crippen LogP contribution in [0.15, 0.2) is 24.3 Å². The van der Waals surface area contributed by atoms with Crippen molar-refractivity contribution >= 4 is 17.7 Å². The summed E-state index contributed by atoms with van der Waals surface area (Å²) in [5, 5.41) is 0. The van der Waals surface area contributed by atoms with Crippen LogP contribution in [0.1, 0.15) is 43.0 Å². The second-order valence-corrected chi connectivity index (χ2v) is 6.80. The van der Waals surface area contributed by atoms with E-state index in [1.54, 1.807) is 24.3 Å². The molecule has 1 fully saturated rings. The van der Waals surface area contributed by atoms with Crippen LogP contribution in [0.25, 0.3) is 0 Å². The number of ketones is 1. The van der Waals surface area contributed by atoms with Crippen molar-refractivity contribution in [2.45, 2.75) is 45.0 Å². The average molecular weight is 376 g/mol. The fourth-order valence-corrected chi connectivity index (χ4v) is 4.07. The first-order chi connectivity index (χ1) is 13.0. The quantitative estimate of drug-likeness (QED) is 0.428. The molecular weight excluding hydrogens is 352 g/mol. The van der Waals surface area contributed by atoms with E-state index in [4.69, 9.17) is 18.9 Å². The van der Waals surface area contributed by atoms with Crippen LogP contribution in [0.5, 0.6) is 5.75 Å². The summed E-state index contributed by atoms with van der Waals surface area (Å²) in [6.45, 7) is 2.05. The third kappa shape index (κ3) is 2.90. The van der Waals surface area contributed by atoms with Gasteiger partial charge in [0.25, 0.3) is 0 Å². The molecular formula is C20H24O7. The average Bonchev–Trinajstić information content (AvgIpc) is 3.02. The molecule has 146 valence electrons. The van der Waals surface area contributed by atoms with Crippen molar-refractivity contribution < 1.29 is 33.3 Å². The molecule has 7 nitrogen and oxygen atoms in total. The Morgan fingerprint density at radius 1 is 1.11 bits per heavy atom. The summed E-state index contributed by atoms with van der Waals surface area (Å²) in [5.41, 5.74) is -1.57. The van der Waals surface area contributed by atoms with Gasteiger partial charge in [-0.05, 0) is 18.6 Å². The number of carbonyl (C=O) groups excluding carboxylic acids is 3. The van der Waals surface area contributed by atoms with Gasteiger partial charge in [0.05, 0.1) is 25.9 Å². The lowest BCUT2D eigenvalue weighted by atomic mass is 9.68. The molecule has 7 heteroatoms. The lowest BCUT2D eigenvalue weighted by Crippen LogP contribution is -2.55. The molecule has 0 aliphatic carbocycles. The van der Waals surface area contributed by atoms with Crippen molar-refractivity contribution in [1.82, 2.24) is 0 Å². The molecule has 1 aromatic carbocycles. The molecule has 3 atom stereocenters. The molecule has 1 saturated heterocycles. The third-order valence-corrected chi connectivity index (χ3v) is 5.36. The maximum Gasteiger partial charge on any atom is 0.326 e. The second kappa shape index (κ2) is 7.68. The molecule has 27 heavy (non-hydrogen) atoms. The summed E-state index contributed by atoms with van der Waals surface area (Å²) < 4.78 is 21.7. The van der Waals surface area contributed by atoms with E-state index in [1.165, 1.54) is 14.2 Å². The summed E-state index contributed by atoms with van der Waals surface area (Å²) in [6, 6.07) is 6.72. The highest BCUT2D eigenvalue weighted by Gasteiger charge is 2.71. The highest BCUT2D eigenvalue weighted by Crippen LogP contribution is 2.52. The van der Waals surface area contributed by atoms with Crippen LogP contribution < -0.4 is 4.74 Å². The number of para-hydroxylation sites is 1. The van der Waals surface area contributed by atoms with Crippen LogP contribution >= 0.6 is 0 Å². The number of rotatable bonds is 6. The monoisotopic (exact) mass is 376 g/mol. The van der Waals surface area contributed by atoms with Crippen molar-refractivity contribution in [3.8, 4) is 5.75 Å². The van der Waals surface area contributed by atoms with E-state index >= 15 is 0 Å². The first-order valence-corrected chi connectivity index (χ1v) is 9.14. The number of hydrogen-bond donors (Lipinski definition) is 0. The molecule has 0 unspecified atom stereocenters. The summed E-state index contributed by atoms with van der Waals surface area (Å²) in [7, 11) is 2.37. The fourth-order valence-electron chi connectivity index (χ4n) is 4.07. The summed E-state index contributed by atoms with van der Waals surface area (Å²) >= 11 is 0. The van der Waals surface area contributed by atoms with Gasteiger partial charge in [0.2, 0.25) is 11.7 Å². The van der Waals surface area contributed by atoms with Gasteiger partial charge >= 0.3 is 11.9 Å². The van der Waals surface area contributed by atoms with Gasteiger partial charge in [-0.2, -0.15) is 0 Å². The van der Waals surface area contributed by atoms with Crippen molar-refractivity contribution in [3.63, 3.8) is 0 Å². The standard InChI is InChI=1S/C20H24O7/c1-4-5-6-11-14-20(18(22)24-2,19(23)25-3)15-16(21)12-9-7-8-10-13(12)26-17(15)27-14/h7-10,14-15,17H,4-6,11H2,1-3H3/t14-,15+,17-/m0/s1. The molecule has 2 aliphatic heterocycles. The molecule has 2 aliphatic rings. The maximum atomic E-state index is 13.3. The summed E-state index contributed by atoms with van der Waals surface area (Å²) in [4.78, 5) is 39.0. The Bertz CT molecular complexity index is 726. The Morgan fingerprint density at radius 3 is 2.41 bits per heavy atom. The van der Waals surface area contributed by atoms with E-state index in [9.17, 15) is 14.4 Å². The number of hydrogen-bond acceptors (Lipinski definition) is 7. The molecule has 3 rings (SSSR count). The number of benzene rings is 1. The molecule has 0 aromatic heterocycles. The molecule has 0 spiro atoms. The molecule has 0 radical (unpaired) electrons. The van der Waals surface area contributed by atoms with Gasteiger partial charge in [-0.25, -0.2) is 0 Å². The van der Waals surface area contributed by atoms with Crippen LogP contribution in [0.3, 0.4) is 0 Å². The third-order valence-electron chi connectivity index (χ3n) is 5.36. The molecule has 2 heterocycles. The fraction of sp³-hybridized carbons (Fsp3) is 0.550. The number of Topliss-reactive ketones (excluding diaryl/α,β-unsaturated/α-hetero) is 1. The summed E-state index contributed by atoms with van der Waals surface area (Å²) in [6.07, 6.45) is 1.11. The van der Waals surface area contributed by atoms with E-state index in [1.807, 2.05) is 6.92 Å². The van der Waals surface area contributed by atoms with Crippen molar-refractivity contribution in [2.75, 3.05) is 14.2 Å². The van der Waals surface area contributed by atoms with Gasteiger partial charge in [0, 0.05) is 0 Å². The van der Waals surface area contributed by atoms with E-state index in [-0.39, 0.29) is 5.78 Å². The van der Waals surface area contributed by atoms with Gasteiger partial charge in [-0.1, -0.05) is 38.3 Å². The molecule has 0 saturated carbocycles. The molecule has 0 bridgehead atoms. The Kier molecular flexibility index (Phi) is 5.51. The molecule has 0 amide bonds. The van der Waals surface area contributed by atoms with Crippen LogP contribution in [-0.4, -0.2) is 44.3 Å². The zero-order valence-corrected chi connectivity index (χ0v) is 15.7. The van der Waals surface area contributed by atoms with E-state index in [2.05, 4.69) is 0 Å². The Morgan fingerprint density at radius 2 is 1.78 bits per heavy atom. The summed E-state index contributed by atoms with van der Waals surface area (Å²) in [5.74, 6) is -2.82. The van der Waals surface area contributed by atoms with Gasteiger partial charge in [-0.3, -0.25) is 14.4 Å². The van der Waals surface area contributed by atoms with Crippen LogP contribution in [0.4, 0.5) is 0 Å². The van der Waals surface area contributed by atoms with E-state index in [0.717, 1.165) is 19.3 Å². The van der Waals surface area contributed by atoms with Crippen LogP contribution in [0, 0.1) is 11.3 Å². The maximum absolute atomic E-state index is 13.3. The second-order valence-electron chi connectivity index (χ2n) is 6.80. The largest absolute Gasteiger partial charge is 0.468 e. The van der Waals surface area contributed by atoms with Crippen LogP contribution in [0.2, 0.25) is 0 Å². The zero-order valence-electron chi connectivity index (χ0n) is 15.7. The van der Waals surface area contributed by atoms with Gasteiger partial charge < -0.3 is 18.9 Å². The highest BCUT2D eigenvalue weighted by molar-refractivity contribution is 6.11. The van der Waals surface area contributed by atoms with Gasteiger partial charge in [-0.15, -0.1) is 0 Å². The van der Waals surface area contributed by atoms with E-state index in [0.29, 0.717) is 17.7 Å². The van der Waals surface area contributed by atoms with Gasteiger partial charge in [0.15, 0.2) is 5.78 Å². The predicted molar refractivity (Wildman–Crippen MR) is 94.2 cm³/mol. The van der Waals surface area contributed by atoms with Crippen molar-refractivity contribution in [1.29, 1.82) is 0 Å². The minimum atomic E-state index is -1.88. The first kappa shape index (κ1) is 19.4. The number of carbonyl (C=O) groups is 3. The number of esters is 2. The van der Waals surface area contributed by atoms with Gasteiger partial charge in [0.1, 0.15) is 11.7 Å². The Labute approximate surface area is 157 Å². The van der Waals surface area contributed by atoms with Crippen LogP contribution in [-0.2, 0) is 23.8 Å². The minimum absolute atomic E-state index is 0.314. The SMILES string of the molecule is CCCCC[C@@H]1O[C@@H]2Oc3ccccc3C(=O)[C@H]2C1(C(=O)OC)C(=O)OC. The lowest BCUT2D eigenvalue weighted by molar-refractivity contribution is -0.175. The van der Waals surface area contributed by atoms with E-state index < -0.39 is 35.7 Å². The zero-order chi connectivity index (χ0) is 19.6. The normalized spacial score (nSPS) is 25.1.